The van der Waals surface area contributed by atoms with Crippen molar-refractivity contribution in [2.45, 2.75) is 24.2 Å². The summed E-state index contributed by atoms with van der Waals surface area (Å²) in [6.07, 6.45) is 0. The topological polar surface area (TPSA) is 161 Å². The molecule has 0 spiro atoms. The van der Waals surface area contributed by atoms with E-state index in [0.717, 1.165) is 121 Å². The highest BCUT2D eigenvalue weighted by Crippen LogP contribution is 2.20. The van der Waals surface area contributed by atoms with Crippen molar-refractivity contribution in [3.05, 3.63) is 70.2 Å². The minimum atomic E-state index is -1.82. The molecule has 0 amide bonds. The zero-order valence-electron chi connectivity index (χ0n) is 27.8. The zero-order valence-corrected chi connectivity index (χ0v) is 30.9. The van der Waals surface area contributed by atoms with Gasteiger partial charge in [0, 0.05) is 60.8 Å². The quantitative estimate of drug-likeness (QED) is 0.172. The molecule has 6 rings (SSSR count). The van der Waals surface area contributed by atoms with Gasteiger partial charge in [-0.25, -0.2) is 28.9 Å². The monoisotopic (exact) mass is 766 g/mol. The van der Waals surface area contributed by atoms with Crippen molar-refractivity contribution >= 4 is 58.7 Å². The van der Waals surface area contributed by atoms with Gasteiger partial charge in [0.15, 0.2) is 0 Å². The molecule has 0 saturated carbocycles. The van der Waals surface area contributed by atoms with Crippen molar-refractivity contribution in [3.63, 3.8) is 0 Å². The van der Waals surface area contributed by atoms with E-state index in [0.29, 0.717) is 0 Å². The van der Waals surface area contributed by atoms with Crippen LogP contribution in [0, 0.1) is 13.8 Å². The van der Waals surface area contributed by atoms with Crippen molar-refractivity contribution in [2.75, 3.05) is 77.2 Å². The molecule has 14 nitrogen and oxygen atoms in total. The summed E-state index contributed by atoms with van der Waals surface area (Å²) in [4.78, 5) is 32.1. The Balaban J connectivity index is 0.000000194. The number of carbonyl (C=O) groups is 2. The maximum absolute atomic E-state index is 9.10. The predicted molar refractivity (Wildman–Crippen MR) is 193 cm³/mol. The van der Waals surface area contributed by atoms with Crippen LogP contribution in [0.5, 0.6) is 0 Å². The highest BCUT2D eigenvalue weighted by atomic mass is 35.5. The second-order valence-electron chi connectivity index (χ2n) is 10.9. The molecule has 2 N–H and O–H groups in total. The summed E-state index contributed by atoms with van der Waals surface area (Å²) in [7, 11) is 0. The van der Waals surface area contributed by atoms with Gasteiger partial charge in [-0.1, -0.05) is 46.7 Å². The van der Waals surface area contributed by atoms with Crippen LogP contribution in [0.25, 0.3) is 11.4 Å². The molecule has 50 heavy (non-hydrogen) atoms. The average Bonchev–Trinajstić information content (AvgIpc) is 3.68. The summed E-state index contributed by atoms with van der Waals surface area (Å²) in [6.45, 7) is 13.5. The second kappa shape index (κ2) is 20.6. The Bertz CT molecular complexity index is 1530. The van der Waals surface area contributed by atoms with Gasteiger partial charge in [-0.2, -0.15) is 0 Å². The van der Waals surface area contributed by atoms with Gasteiger partial charge < -0.3 is 19.7 Å². The van der Waals surface area contributed by atoms with E-state index >= 15 is 0 Å². The van der Waals surface area contributed by atoms with Gasteiger partial charge in [-0.3, -0.25) is 9.80 Å². The summed E-state index contributed by atoms with van der Waals surface area (Å²) in [5.74, 6) is 0.103. The lowest BCUT2D eigenvalue weighted by Crippen LogP contribution is -2.37. The molecule has 2 aromatic heterocycles. The lowest BCUT2D eigenvalue weighted by molar-refractivity contribution is -0.159. The first-order chi connectivity index (χ1) is 24.1. The summed E-state index contributed by atoms with van der Waals surface area (Å²) in [6, 6.07) is 15.3. The fraction of sp³-hybridized carbons (Fsp3) is 0.438. The van der Waals surface area contributed by atoms with E-state index in [2.05, 4.69) is 30.0 Å². The minimum absolute atomic E-state index is 0.724. The first-order valence-corrected chi connectivity index (χ1v) is 18.5. The third-order valence-electron chi connectivity index (χ3n) is 7.31. The van der Waals surface area contributed by atoms with Crippen LogP contribution in [-0.4, -0.2) is 139 Å². The number of rotatable bonds is 10. The Hall–Kier alpha value is -3.22. The smallest absolute Gasteiger partial charge is 0.414 e. The number of aromatic nitrogens is 6. The van der Waals surface area contributed by atoms with Crippen LogP contribution in [-0.2, 0) is 19.1 Å². The fourth-order valence-electron chi connectivity index (χ4n) is 4.69. The van der Waals surface area contributed by atoms with Crippen molar-refractivity contribution in [3.8, 4) is 11.4 Å². The van der Waals surface area contributed by atoms with E-state index in [9.17, 15) is 0 Å². The molecule has 0 aliphatic carbocycles. The maximum Gasteiger partial charge on any atom is 0.414 e. The van der Waals surface area contributed by atoms with Crippen LogP contribution < -0.4 is 0 Å². The first-order valence-electron chi connectivity index (χ1n) is 15.8. The Morgan fingerprint density at radius 1 is 0.660 bits per heavy atom. The summed E-state index contributed by atoms with van der Waals surface area (Å²) in [5, 5.41) is 27.0. The number of morpholine rings is 2. The van der Waals surface area contributed by atoms with E-state index in [1.807, 2.05) is 71.7 Å². The normalized spacial score (nSPS) is 15.0. The molecular weight excluding hydrogens is 727 g/mol. The largest absolute Gasteiger partial charge is 0.473 e. The molecule has 2 aliphatic heterocycles. The summed E-state index contributed by atoms with van der Waals surface area (Å²) < 4.78 is 14.4. The number of ether oxygens (including phenoxy) is 2. The number of hydrogen-bond acceptors (Lipinski definition) is 12. The molecule has 0 atom stereocenters. The highest BCUT2D eigenvalue weighted by Gasteiger charge is 2.14. The number of carboxylic acid groups (broad SMARTS) is 2. The van der Waals surface area contributed by atoms with Crippen LogP contribution in [0.4, 0.5) is 0 Å². The molecule has 4 aromatic rings. The molecule has 0 unspecified atom stereocenters. The molecule has 2 fully saturated rings. The molecule has 2 aromatic carbocycles. The van der Waals surface area contributed by atoms with Crippen LogP contribution in [0.2, 0.25) is 10.0 Å². The molecule has 0 bridgehead atoms. The van der Waals surface area contributed by atoms with Crippen LogP contribution in [0.3, 0.4) is 0 Å². The number of carboxylic acids is 2. The Morgan fingerprint density at radius 3 is 1.32 bits per heavy atom. The second-order valence-corrected chi connectivity index (χ2v) is 13.9. The summed E-state index contributed by atoms with van der Waals surface area (Å²) in [5.41, 5.74) is 1.96. The van der Waals surface area contributed by atoms with E-state index in [4.69, 9.17) is 52.5 Å². The maximum atomic E-state index is 9.10. The van der Waals surface area contributed by atoms with E-state index in [1.54, 1.807) is 23.5 Å². The lowest BCUT2D eigenvalue weighted by Gasteiger charge is -2.25. The molecular formula is C32H40Cl2N8O6S2. The lowest BCUT2D eigenvalue weighted by atomic mass is 10.3. The molecule has 18 heteroatoms. The minimum Gasteiger partial charge on any atom is -0.473 e. The van der Waals surface area contributed by atoms with Gasteiger partial charge in [0.25, 0.3) is 0 Å². The van der Waals surface area contributed by atoms with E-state index in [1.165, 1.54) is 0 Å². The number of thioether (sulfide) groups is 2. The molecule has 2 saturated heterocycles. The third kappa shape index (κ3) is 13.2. The summed E-state index contributed by atoms with van der Waals surface area (Å²) >= 11 is 15.2. The van der Waals surface area contributed by atoms with E-state index < -0.39 is 11.9 Å². The number of hydrogen-bond donors (Lipinski definition) is 2. The SMILES string of the molecule is Cc1nc(SCCN2CCOCC2)nn1-c1ccc(Cl)cc1.Cc1nc(SCCN2CCOCC2)nn1-c1ccc(Cl)cc1.O=C(O)C(=O)O. The number of aliphatic carboxylic acids is 2. The predicted octanol–water partition coefficient (Wildman–Crippen LogP) is 4.46. The zero-order chi connectivity index (χ0) is 35.9. The number of benzene rings is 2. The van der Waals surface area contributed by atoms with Crippen molar-refractivity contribution in [2.24, 2.45) is 0 Å². The average molecular weight is 768 g/mol. The van der Waals surface area contributed by atoms with Crippen LogP contribution in [0.1, 0.15) is 11.6 Å². The number of nitrogens with zero attached hydrogens (tertiary/aromatic N) is 8. The fourth-order valence-corrected chi connectivity index (χ4v) is 6.68. The molecule has 2 aliphatic rings. The van der Waals surface area contributed by atoms with Crippen LogP contribution in [0.15, 0.2) is 58.8 Å². The van der Waals surface area contributed by atoms with Gasteiger partial charge in [-0.05, 0) is 62.4 Å². The Labute approximate surface area is 309 Å². The van der Waals surface area contributed by atoms with E-state index in [-0.39, 0.29) is 0 Å². The molecule has 270 valence electrons. The number of aryl methyl sites for hydroxylation is 2. The Kier molecular flexibility index (Phi) is 16.3. The van der Waals surface area contributed by atoms with Gasteiger partial charge in [0.05, 0.1) is 37.8 Å². The van der Waals surface area contributed by atoms with Gasteiger partial charge >= 0.3 is 11.9 Å². The standard InChI is InChI=1S/2C15H19ClN4OS.C2H2O4/c2*1-12-17-15(22-11-8-19-6-9-21-10-7-19)18-20(12)14-4-2-13(16)3-5-14;3-1(4)2(5)6/h2*2-5H,6-11H2,1H3;(H,3,4)(H,5,6). The van der Waals surface area contributed by atoms with Crippen molar-refractivity contribution < 1.29 is 29.3 Å². The van der Waals surface area contributed by atoms with Crippen LogP contribution >= 0.6 is 46.7 Å². The number of halogens is 2. The van der Waals surface area contributed by atoms with Crippen molar-refractivity contribution in [1.29, 1.82) is 0 Å². The van der Waals surface area contributed by atoms with Gasteiger partial charge in [-0.15, -0.1) is 10.2 Å². The highest BCUT2D eigenvalue weighted by molar-refractivity contribution is 7.99. The third-order valence-corrected chi connectivity index (χ3v) is 9.45. The van der Waals surface area contributed by atoms with Gasteiger partial charge in [0.1, 0.15) is 11.6 Å². The van der Waals surface area contributed by atoms with Gasteiger partial charge in [0.2, 0.25) is 10.3 Å². The Morgan fingerprint density at radius 2 is 1.00 bits per heavy atom. The molecule has 4 heterocycles. The first kappa shape index (κ1) is 39.6. The molecule has 0 radical (unpaired) electrons. The van der Waals surface area contributed by atoms with Crippen molar-refractivity contribution in [1.82, 2.24) is 39.3 Å².